The summed E-state index contributed by atoms with van der Waals surface area (Å²) in [5.41, 5.74) is 5.85. The molecule has 7 nitrogen and oxygen atoms in total. The molecule has 4 aliphatic rings. The fourth-order valence-electron chi connectivity index (χ4n) is 5.84. The maximum Gasteiger partial charge on any atom is 1.00 e. The molecule has 2 heterocycles. The number of hydrogen-bond donors (Lipinski definition) is 1. The van der Waals surface area contributed by atoms with Crippen molar-refractivity contribution in [2.45, 2.75) is 69.6 Å². The first-order valence-electron chi connectivity index (χ1n) is 11.9. The van der Waals surface area contributed by atoms with E-state index in [-0.39, 0.29) is 51.4 Å². The van der Waals surface area contributed by atoms with Crippen LogP contribution in [0.1, 0.15) is 54.9 Å². The van der Waals surface area contributed by atoms with Crippen molar-refractivity contribution in [2.75, 3.05) is 38.0 Å². The monoisotopic (exact) mass is 484 g/mol. The van der Waals surface area contributed by atoms with Gasteiger partial charge in [0.05, 0.1) is 5.25 Å². The topological polar surface area (TPSA) is 83.8 Å². The Hall–Kier alpha value is -0.00364. The van der Waals surface area contributed by atoms with Gasteiger partial charge < -0.3 is 14.9 Å². The molecule has 2 fully saturated rings. The number of benzene rings is 1. The fraction of sp³-hybridized carbons (Fsp3) is 0.696. The molecule has 9 heteroatoms. The Balaban J connectivity index is 0.00000245. The van der Waals surface area contributed by atoms with Crippen molar-refractivity contribution in [2.24, 2.45) is 0 Å². The first-order valence-corrected chi connectivity index (χ1v) is 13.4. The molecule has 1 aromatic rings. The number of rotatable bonds is 5. The van der Waals surface area contributed by atoms with Crippen LogP contribution in [0.5, 0.6) is 0 Å². The summed E-state index contributed by atoms with van der Waals surface area (Å²) in [6, 6.07) is 2.02. The van der Waals surface area contributed by atoms with Gasteiger partial charge in [0, 0.05) is 19.1 Å². The first-order chi connectivity index (χ1) is 14.9. The van der Waals surface area contributed by atoms with Crippen LogP contribution in [0.25, 0.3) is 4.72 Å². The van der Waals surface area contributed by atoms with Crippen LogP contribution in [-0.4, -0.2) is 68.3 Å². The van der Waals surface area contributed by atoms with Gasteiger partial charge in [-0.2, -0.15) is 0 Å². The summed E-state index contributed by atoms with van der Waals surface area (Å²) in [5.74, 6) is 0. The molecule has 170 valence electrons. The van der Waals surface area contributed by atoms with Gasteiger partial charge in [0.2, 0.25) is 0 Å². The smallest absolute Gasteiger partial charge is 0.423 e. The summed E-state index contributed by atoms with van der Waals surface area (Å²) in [4.78, 5) is 17.3. The maximum absolute atomic E-state index is 12.7. The van der Waals surface area contributed by atoms with Gasteiger partial charge in [-0.15, -0.1) is 0 Å². The van der Waals surface area contributed by atoms with Crippen LogP contribution in [-0.2, 0) is 35.7 Å². The zero-order valence-electron chi connectivity index (χ0n) is 19.4. The minimum absolute atomic E-state index is 0. The number of likely N-dealkylation sites (tertiary alicyclic amines) is 2. The van der Waals surface area contributed by atoms with E-state index >= 15 is 0 Å². The van der Waals surface area contributed by atoms with Crippen molar-refractivity contribution in [1.82, 2.24) is 9.80 Å². The molecule has 0 saturated carbocycles. The molecule has 1 N–H and O–H groups in total. The molecule has 0 atom stereocenters. The number of fused-ring (bicyclic) bond motifs is 2. The van der Waals surface area contributed by atoms with Crippen LogP contribution < -0.4 is 56.7 Å². The van der Waals surface area contributed by atoms with E-state index in [1.165, 1.54) is 22.3 Å². The largest absolute Gasteiger partial charge is 1.00 e. The van der Waals surface area contributed by atoms with Crippen molar-refractivity contribution in [3.63, 3.8) is 0 Å². The number of aryl methyl sites for hydroxylation is 2. The number of nitrogens with zero attached hydrogens (tertiary/aromatic N) is 3. The second-order valence-electron chi connectivity index (χ2n) is 9.51. The predicted octanol–water partition coefficient (Wildman–Crippen LogP) is 0.0719. The minimum atomic E-state index is -3.80. The fourth-order valence-corrected chi connectivity index (χ4v) is 7.03. The number of hydrogen-bond acceptors (Lipinski definition) is 5. The molecule has 0 radical (unpaired) electrons. The first kappa shape index (κ1) is 25.1. The van der Waals surface area contributed by atoms with Crippen molar-refractivity contribution < 1.29 is 64.6 Å². The van der Waals surface area contributed by atoms with E-state index in [9.17, 15) is 13.2 Å². The summed E-state index contributed by atoms with van der Waals surface area (Å²) < 4.78 is 29.2. The van der Waals surface area contributed by atoms with E-state index in [1.807, 2.05) is 0 Å². The Morgan fingerprint density at radius 1 is 1.06 bits per heavy atom. The normalized spacial score (nSPS) is 22.0. The molecule has 0 unspecified atom stereocenters. The van der Waals surface area contributed by atoms with Gasteiger partial charge in [-0.3, -0.25) is 9.69 Å². The molecule has 1 aromatic carbocycles. The second kappa shape index (κ2) is 10.3. The molecule has 0 spiro atoms. The van der Waals surface area contributed by atoms with E-state index < -0.39 is 21.3 Å². The third kappa shape index (κ3) is 5.00. The van der Waals surface area contributed by atoms with Crippen LogP contribution >= 0.6 is 0 Å². The molecule has 0 aromatic heterocycles. The van der Waals surface area contributed by atoms with Crippen molar-refractivity contribution in [3.05, 3.63) is 33.0 Å². The summed E-state index contributed by atoms with van der Waals surface area (Å²) in [5, 5.41) is 2.32. The van der Waals surface area contributed by atoms with E-state index in [0.717, 1.165) is 76.7 Å². The molecular formula is C23H33KN4O3S. The van der Waals surface area contributed by atoms with Gasteiger partial charge >= 0.3 is 51.4 Å². The zero-order chi connectivity index (χ0) is 21.6. The Kier molecular flexibility index (Phi) is 8.09. The summed E-state index contributed by atoms with van der Waals surface area (Å²) in [6.07, 6.45) is 8.31. The SMILES string of the molecule is CCN1CCC(N2CC(S(=O)(=O)[N-]C(=O)Nc3c4c(cc5c3CCC5)CCC4)C2)CC1.[K+]. The number of nitrogens with one attached hydrogen (secondary N) is 1. The molecule has 2 aliphatic carbocycles. The number of carbonyl (C=O) groups excluding carboxylic acids is 1. The van der Waals surface area contributed by atoms with Crippen LogP contribution in [0.4, 0.5) is 10.5 Å². The van der Waals surface area contributed by atoms with Gasteiger partial charge in [0.1, 0.15) is 0 Å². The number of piperidine rings is 1. The van der Waals surface area contributed by atoms with Gasteiger partial charge in [-0.1, -0.05) is 13.0 Å². The molecular weight excluding hydrogens is 451 g/mol. The summed E-state index contributed by atoms with van der Waals surface area (Å²) >= 11 is 0. The Morgan fingerprint density at radius 2 is 1.66 bits per heavy atom. The molecule has 0 bridgehead atoms. The number of urea groups is 1. The number of carbonyl (C=O) groups is 1. The standard InChI is InChI=1S/C23H34N4O3S.K/c1-2-26-11-9-18(10-12-26)27-14-19(15-27)31(29,30)25-23(28)24-22-20-7-3-5-16(20)13-17-6-4-8-21(17)22;/h13,18-19H,2-12,14-15H2,1H3,(H2,24,25,28);/q;+1/p-1. The van der Waals surface area contributed by atoms with Crippen LogP contribution in [0.15, 0.2) is 6.07 Å². The van der Waals surface area contributed by atoms with Gasteiger partial charge in [-0.05, 0) is 98.9 Å². The second-order valence-corrected chi connectivity index (χ2v) is 11.4. The average molecular weight is 485 g/mol. The van der Waals surface area contributed by atoms with Gasteiger partial charge in [-0.25, -0.2) is 8.42 Å². The number of amides is 2. The van der Waals surface area contributed by atoms with Gasteiger partial charge in [0.15, 0.2) is 16.1 Å². The van der Waals surface area contributed by atoms with Crippen molar-refractivity contribution in [1.29, 1.82) is 0 Å². The molecule has 2 saturated heterocycles. The molecule has 32 heavy (non-hydrogen) atoms. The Morgan fingerprint density at radius 3 is 2.22 bits per heavy atom. The third-order valence-electron chi connectivity index (χ3n) is 7.73. The number of sulfonamides is 1. The van der Waals surface area contributed by atoms with Crippen LogP contribution in [0.2, 0.25) is 0 Å². The third-order valence-corrected chi connectivity index (χ3v) is 9.29. The predicted molar refractivity (Wildman–Crippen MR) is 122 cm³/mol. The van der Waals surface area contributed by atoms with Crippen molar-refractivity contribution >= 4 is 21.7 Å². The van der Waals surface area contributed by atoms with Gasteiger partial charge in [0.25, 0.3) is 0 Å². The maximum atomic E-state index is 12.7. The molecule has 5 rings (SSSR count). The Labute approximate surface area is 234 Å². The van der Waals surface area contributed by atoms with Crippen LogP contribution in [0, 0.1) is 0 Å². The van der Waals surface area contributed by atoms with E-state index in [2.05, 4.69) is 32.8 Å². The average Bonchev–Trinajstić information content (AvgIpc) is 3.35. The summed E-state index contributed by atoms with van der Waals surface area (Å²) in [6.45, 7) is 6.39. The zero-order valence-corrected chi connectivity index (χ0v) is 23.3. The number of anilines is 1. The molecule has 2 aliphatic heterocycles. The van der Waals surface area contributed by atoms with E-state index in [4.69, 9.17) is 0 Å². The van der Waals surface area contributed by atoms with Crippen molar-refractivity contribution in [3.8, 4) is 0 Å². The Bertz CT molecular complexity index is 938. The van der Waals surface area contributed by atoms with E-state index in [1.54, 1.807) is 0 Å². The quantitative estimate of drug-likeness (QED) is 0.598. The van der Waals surface area contributed by atoms with E-state index in [0.29, 0.717) is 19.1 Å². The minimum Gasteiger partial charge on any atom is -0.423 e. The molecule has 2 amide bonds. The summed E-state index contributed by atoms with van der Waals surface area (Å²) in [7, 11) is -3.80. The van der Waals surface area contributed by atoms with Crippen LogP contribution in [0.3, 0.4) is 0 Å².